The lowest BCUT2D eigenvalue weighted by atomic mass is 9.96. The number of carboxylic acid groups (broad SMARTS) is 1. The molecule has 1 aliphatic rings. The zero-order valence-electron chi connectivity index (χ0n) is 59.3. The number of carbonyl (C=O) groups excluding carboxylic acids is 14. The molecule has 1 fully saturated rings. The summed E-state index contributed by atoms with van der Waals surface area (Å²) in [5.41, 5.74) is 22.9. The SMILES string of the molecule is CC[C@H](C)[C@H](NC(=O)[C@H](CCC(N)=O)NC(=O)CNC(=O)CNC(=O)[C@H](CSCNC(C)=O)NC(=O)[C@H](CO)NC(=O)CN(C)C)C(=O)N[C@@H](CCSC)C(=O)N[C@@H](CCCN=C(N)N)C(=O)N[C@H](C(=O)N[C@@H](CCCCN)C(=O)N1CCC[C@H]1C(=O)N[C@@H](Cc1cnc[nH]1)C(=O)O)[C@@H](C)CC. The molecule has 38 nitrogen and oxygen atoms in total. The van der Waals surface area contributed by atoms with Crippen LogP contribution < -0.4 is 86.7 Å². The molecule has 0 aromatic carbocycles. The summed E-state index contributed by atoms with van der Waals surface area (Å²) in [5, 5.41) is 50.2. The molecule has 0 spiro atoms. The van der Waals surface area contributed by atoms with Gasteiger partial charge >= 0.3 is 5.97 Å². The predicted octanol–water partition coefficient (Wildman–Crippen LogP) is -6.70. The largest absolute Gasteiger partial charge is 0.480 e. The first kappa shape index (κ1) is 89.2. The van der Waals surface area contributed by atoms with Crippen LogP contribution in [-0.2, 0) is 78.3 Å². The van der Waals surface area contributed by atoms with Crippen molar-refractivity contribution in [2.75, 3.05) is 83.6 Å². The summed E-state index contributed by atoms with van der Waals surface area (Å²) >= 11 is 2.34. The van der Waals surface area contributed by atoms with Crippen molar-refractivity contribution in [3.63, 3.8) is 0 Å². The second kappa shape index (κ2) is 48.1. The van der Waals surface area contributed by atoms with E-state index in [4.69, 9.17) is 22.9 Å². The lowest BCUT2D eigenvalue weighted by molar-refractivity contribution is -0.145. The highest BCUT2D eigenvalue weighted by atomic mass is 32.2. The number of unbranched alkanes of at least 4 members (excludes halogenated alkanes) is 1. The van der Waals surface area contributed by atoms with E-state index in [2.05, 4.69) is 78.8 Å². The van der Waals surface area contributed by atoms with Gasteiger partial charge in [0.15, 0.2) is 5.96 Å². The molecule has 1 saturated heterocycles. The number of carboxylic acids is 1. The third kappa shape index (κ3) is 33.7. The molecule has 1 aromatic rings. The molecule has 1 aliphatic heterocycles. The molecule has 12 atom stereocenters. The lowest BCUT2D eigenvalue weighted by Gasteiger charge is -2.32. The number of nitrogens with one attached hydrogen (secondary N) is 13. The molecule has 0 bridgehead atoms. The van der Waals surface area contributed by atoms with Crippen molar-refractivity contribution in [3.8, 4) is 0 Å². The number of aliphatic imine (C=N–C) groups is 1. The molecule has 574 valence electrons. The van der Waals surface area contributed by atoms with Crippen molar-refractivity contribution in [3.05, 3.63) is 18.2 Å². The van der Waals surface area contributed by atoms with Crippen molar-refractivity contribution in [1.82, 2.24) is 83.6 Å². The second-order valence-corrected chi connectivity index (χ2v) is 26.8. The maximum atomic E-state index is 14.6. The summed E-state index contributed by atoms with van der Waals surface area (Å²) in [5.74, 6) is -13.9. The van der Waals surface area contributed by atoms with Crippen molar-refractivity contribution in [1.29, 1.82) is 0 Å². The van der Waals surface area contributed by atoms with Crippen LogP contribution in [-0.4, -0.2) is 269 Å². The van der Waals surface area contributed by atoms with Crippen LogP contribution in [0.3, 0.4) is 0 Å². The Kier molecular flexibility index (Phi) is 42.0. The summed E-state index contributed by atoms with van der Waals surface area (Å²) in [6.07, 6.45) is 5.68. The monoisotopic (exact) mass is 1480 g/mol. The summed E-state index contributed by atoms with van der Waals surface area (Å²) in [6.45, 7) is 5.94. The minimum Gasteiger partial charge on any atom is -0.480 e. The number of primary amides is 1. The van der Waals surface area contributed by atoms with Crippen LogP contribution in [0, 0.1) is 11.8 Å². The fraction of sp³-hybridized carbons (Fsp3) is 0.694. The van der Waals surface area contributed by atoms with Gasteiger partial charge < -0.3 is 112 Å². The van der Waals surface area contributed by atoms with E-state index in [0.717, 1.165) is 11.8 Å². The minimum atomic E-state index is -1.55. The van der Waals surface area contributed by atoms with E-state index < -0.39 is 181 Å². The van der Waals surface area contributed by atoms with Gasteiger partial charge in [-0.3, -0.25) is 72.1 Å². The topological polar surface area (TPSA) is 592 Å². The Balaban J connectivity index is 2.37. The Morgan fingerprint density at radius 2 is 1.23 bits per heavy atom. The van der Waals surface area contributed by atoms with E-state index in [1.54, 1.807) is 48.0 Å². The Morgan fingerprint density at radius 3 is 1.77 bits per heavy atom. The Morgan fingerprint density at radius 1 is 0.667 bits per heavy atom. The van der Waals surface area contributed by atoms with Gasteiger partial charge in [0, 0.05) is 50.5 Å². The molecule has 14 amide bonds. The number of carbonyl (C=O) groups is 15. The summed E-state index contributed by atoms with van der Waals surface area (Å²) in [6, 6.07) is -13.6. The Hall–Kier alpha value is -8.89. The van der Waals surface area contributed by atoms with E-state index in [1.807, 2.05) is 0 Å². The van der Waals surface area contributed by atoms with Gasteiger partial charge in [-0.1, -0.05) is 40.5 Å². The highest BCUT2D eigenvalue weighted by Crippen LogP contribution is 2.22. The van der Waals surface area contributed by atoms with Gasteiger partial charge in [0.1, 0.15) is 60.4 Å². The highest BCUT2D eigenvalue weighted by molar-refractivity contribution is 7.99. The van der Waals surface area contributed by atoms with E-state index in [-0.39, 0.29) is 107 Å². The molecule has 0 unspecified atom stereocenters. The van der Waals surface area contributed by atoms with Crippen molar-refractivity contribution >= 4 is 118 Å². The highest BCUT2D eigenvalue weighted by Gasteiger charge is 2.41. The molecule has 23 N–H and O–H groups in total. The number of aliphatic hydroxyl groups is 1. The number of rotatable bonds is 50. The van der Waals surface area contributed by atoms with Crippen LogP contribution in [0.25, 0.3) is 0 Å². The predicted molar refractivity (Wildman–Crippen MR) is 378 cm³/mol. The van der Waals surface area contributed by atoms with Crippen molar-refractivity contribution < 1.29 is 82.1 Å². The summed E-state index contributed by atoms with van der Waals surface area (Å²) < 4.78 is 0. The summed E-state index contributed by atoms with van der Waals surface area (Å²) in [7, 11) is 3.21. The third-order valence-electron chi connectivity index (χ3n) is 16.2. The van der Waals surface area contributed by atoms with Gasteiger partial charge in [0.25, 0.3) is 0 Å². The van der Waals surface area contributed by atoms with Gasteiger partial charge in [-0.25, -0.2) is 9.78 Å². The van der Waals surface area contributed by atoms with Crippen LogP contribution in [0.2, 0.25) is 0 Å². The van der Waals surface area contributed by atoms with E-state index in [9.17, 15) is 82.1 Å². The number of aromatic nitrogens is 2. The average molecular weight is 1480 g/mol. The first-order chi connectivity index (χ1) is 48.3. The smallest absolute Gasteiger partial charge is 0.326 e. The van der Waals surface area contributed by atoms with Crippen molar-refractivity contribution in [2.45, 2.75) is 179 Å². The molecule has 0 radical (unpaired) electrons. The van der Waals surface area contributed by atoms with Crippen LogP contribution in [0.1, 0.15) is 117 Å². The van der Waals surface area contributed by atoms with E-state index in [0.29, 0.717) is 31.4 Å². The first-order valence-electron chi connectivity index (χ1n) is 33.7. The van der Waals surface area contributed by atoms with Crippen LogP contribution in [0.4, 0.5) is 0 Å². The molecule has 102 heavy (non-hydrogen) atoms. The zero-order valence-corrected chi connectivity index (χ0v) is 60.9. The number of aliphatic carboxylic acids is 1. The zero-order chi connectivity index (χ0) is 76.6. The Bertz CT molecular complexity index is 2980. The van der Waals surface area contributed by atoms with Crippen LogP contribution in [0.5, 0.6) is 0 Å². The van der Waals surface area contributed by atoms with E-state index >= 15 is 0 Å². The number of guanidine groups is 1. The lowest BCUT2D eigenvalue weighted by Crippen LogP contribution is -2.61. The average Bonchev–Trinajstić information content (AvgIpc) is 1.58. The number of hydrogen-bond donors (Lipinski definition) is 19. The number of amides is 14. The normalized spacial score (nSPS) is 15.8. The maximum absolute atomic E-state index is 14.6. The fourth-order valence-corrected chi connectivity index (χ4v) is 11.5. The molecule has 0 saturated carbocycles. The molecular weight excluding hydrogens is 1370 g/mol. The first-order valence-corrected chi connectivity index (χ1v) is 36.2. The third-order valence-corrected chi connectivity index (χ3v) is 17.8. The molecule has 40 heteroatoms. The fourth-order valence-electron chi connectivity index (χ4n) is 10.2. The standard InChI is InChI=1S/C62H107N21O17S2/c1-9-34(3)50(81-55(93)39(18-19-46(64)86)73-48(88)28-69-47(87)27-70-52(90)44(31-102-33-72-36(5)85)79-56(94)43(30-84)74-49(89)29-82(6)7)58(96)76-40(20-24-101-8)53(91)75-38(16-13-22-68-62(65)66)54(92)80-51(35(4)10-2)59(97)77-41(15-11-12-21-63)60(98)83-23-14-17-45(83)57(95)78-42(61(99)100)25-37-26-67-32-71-37/h26,32,34-35,38-45,50-51,84H,9-25,27-31,33,63H2,1-8H3,(H2,64,86)(H,67,71)(H,69,87)(H,70,90)(H,72,85)(H,73,88)(H,74,89)(H,75,91)(H,76,96)(H,77,97)(H,78,95)(H,79,94)(H,80,92)(H,81,93)(H,99,100)(H4,65,66,68)/t34-,35-,38-,39-,40-,41-,42-,43-,44-,45-,50-,51-/m0/s1. The molecule has 1 aromatic heterocycles. The minimum absolute atomic E-state index is 0.00345. The number of imidazole rings is 1. The summed E-state index contributed by atoms with van der Waals surface area (Å²) in [4.78, 5) is 215. The molecule has 2 heterocycles. The second-order valence-electron chi connectivity index (χ2n) is 24.8. The number of hydrogen-bond acceptors (Lipinski definition) is 22. The number of thioether (sulfide) groups is 2. The van der Waals surface area contributed by atoms with Gasteiger partial charge in [-0.15, -0.1) is 11.8 Å². The Labute approximate surface area is 601 Å². The molecular formula is C62H107N21O17S2. The number of H-pyrrole nitrogens is 1. The van der Waals surface area contributed by atoms with Crippen LogP contribution >= 0.6 is 23.5 Å². The van der Waals surface area contributed by atoms with Crippen LogP contribution in [0.15, 0.2) is 17.5 Å². The molecule has 2 rings (SSSR count). The number of aliphatic hydroxyl groups excluding tert-OH is 1. The quantitative estimate of drug-likeness (QED) is 0.0125. The maximum Gasteiger partial charge on any atom is 0.326 e. The number of aromatic amines is 1. The van der Waals surface area contributed by atoms with Gasteiger partial charge in [0.05, 0.1) is 38.4 Å². The van der Waals surface area contributed by atoms with Gasteiger partial charge in [-0.05, 0) is 102 Å². The van der Waals surface area contributed by atoms with Gasteiger partial charge in [0.2, 0.25) is 82.7 Å². The number of nitrogens with zero attached hydrogens (tertiary/aromatic N) is 4. The number of likely N-dealkylation sites (tertiary alicyclic amines) is 1. The number of likely N-dealkylation sites (N-methyl/N-ethyl adjacent to an activating group) is 1. The van der Waals surface area contributed by atoms with Gasteiger partial charge in [-0.2, -0.15) is 11.8 Å². The van der Waals surface area contributed by atoms with Crippen molar-refractivity contribution in [2.24, 2.45) is 39.8 Å². The van der Waals surface area contributed by atoms with E-state index in [1.165, 1.54) is 41.0 Å². The number of nitrogens with two attached hydrogens (primary N) is 4. The molecule has 0 aliphatic carbocycles.